The predicted molar refractivity (Wildman–Crippen MR) is 88.7 cm³/mol. The van der Waals surface area contributed by atoms with Gasteiger partial charge in [0.2, 0.25) is 5.88 Å². The van der Waals surface area contributed by atoms with Gasteiger partial charge in [0.25, 0.3) is 0 Å². The van der Waals surface area contributed by atoms with Gasteiger partial charge in [-0.2, -0.15) is 0 Å². The highest BCUT2D eigenvalue weighted by atomic mass is 79.9. The number of nitrogens with zero attached hydrogens (tertiary/aromatic N) is 2. The van der Waals surface area contributed by atoms with Crippen LogP contribution in [0.2, 0.25) is 0 Å². The smallest absolute Gasteiger partial charge is 0.410 e. The maximum absolute atomic E-state index is 12.0. The minimum Gasteiger partial charge on any atom is -0.477 e. The van der Waals surface area contributed by atoms with E-state index in [1.165, 1.54) is 0 Å². The molecule has 0 bridgehead atoms. The lowest BCUT2D eigenvalue weighted by Gasteiger charge is -2.24. The van der Waals surface area contributed by atoms with Crippen molar-refractivity contribution in [2.24, 2.45) is 5.92 Å². The maximum atomic E-state index is 12.0. The Morgan fingerprint density at radius 1 is 1.52 bits per heavy atom. The molecule has 0 radical (unpaired) electrons. The molecule has 0 saturated carbocycles. The molecule has 126 valence electrons. The summed E-state index contributed by atoms with van der Waals surface area (Å²) in [6, 6.07) is 1.66. The van der Waals surface area contributed by atoms with Gasteiger partial charge in [-0.15, -0.1) is 0 Å². The molecule has 7 heteroatoms. The van der Waals surface area contributed by atoms with Gasteiger partial charge in [0.15, 0.2) is 6.29 Å². The molecule has 0 spiro atoms. The molecule has 1 aliphatic heterocycles. The fourth-order valence-electron chi connectivity index (χ4n) is 2.31. The van der Waals surface area contributed by atoms with E-state index in [9.17, 15) is 9.59 Å². The Morgan fingerprint density at radius 2 is 2.26 bits per heavy atom. The van der Waals surface area contributed by atoms with E-state index < -0.39 is 5.60 Å². The monoisotopic (exact) mass is 384 g/mol. The van der Waals surface area contributed by atoms with Gasteiger partial charge in [0.05, 0.1) is 12.2 Å². The van der Waals surface area contributed by atoms with Gasteiger partial charge in [-0.05, 0) is 49.2 Å². The Hall–Kier alpha value is -1.63. The predicted octanol–water partition coefficient (Wildman–Crippen LogP) is 3.29. The first-order chi connectivity index (χ1) is 10.8. The topological polar surface area (TPSA) is 68.7 Å². The number of ether oxygens (including phenoxy) is 2. The lowest BCUT2D eigenvalue weighted by atomic mass is 10.1. The van der Waals surface area contributed by atoms with Crippen LogP contribution in [-0.2, 0) is 4.74 Å². The number of likely N-dealkylation sites (tertiary alicyclic amines) is 1. The molecule has 1 atom stereocenters. The van der Waals surface area contributed by atoms with Crippen molar-refractivity contribution in [1.82, 2.24) is 9.88 Å². The van der Waals surface area contributed by atoms with Gasteiger partial charge in [0.1, 0.15) is 5.60 Å². The van der Waals surface area contributed by atoms with Gasteiger partial charge in [-0.25, -0.2) is 9.78 Å². The third-order valence-corrected chi connectivity index (χ3v) is 3.80. The number of halogens is 1. The van der Waals surface area contributed by atoms with Crippen molar-refractivity contribution in [3.05, 3.63) is 22.3 Å². The zero-order chi connectivity index (χ0) is 17.0. The summed E-state index contributed by atoms with van der Waals surface area (Å²) in [7, 11) is 0. The van der Waals surface area contributed by atoms with E-state index >= 15 is 0 Å². The fraction of sp³-hybridized carbons (Fsp3) is 0.562. The van der Waals surface area contributed by atoms with E-state index in [0.717, 1.165) is 17.2 Å². The molecule has 1 saturated heterocycles. The molecule has 0 aliphatic carbocycles. The summed E-state index contributed by atoms with van der Waals surface area (Å²) in [6.45, 7) is 7.19. The van der Waals surface area contributed by atoms with E-state index in [1.54, 1.807) is 17.2 Å². The van der Waals surface area contributed by atoms with Crippen LogP contribution in [-0.4, -0.2) is 47.6 Å². The first-order valence-corrected chi connectivity index (χ1v) is 8.29. The van der Waals surface area contributed by atoms with Gasteiger partial charge in [-0.1, -0.05) is 0 Å². The molecule has 0 unspecified atom stereocenters. The zero-order valence-electron chi connectivity index (χ0n) is 13.5. The lowest BCUT2D eigenvalue weighted by Crippen LogP contribution is -2.35. The third kappa shape index (κ3) is 5.20. The summed E-state index contributed by atoms with van der Waals surface area (Å²) in [5.74, 6) is 0.520. The van der Waals surface area contributed by atoms with E-state index in [1.807, 2.05) is 20.8 Å². The van der Waals surface area contributed by atoms with Crippen molar-refractivity contribution < 1.29 is 19.1 Å². The summed E-state index contributed by atoms with van der Waals surface area (Å²) in [5, 5.41) is 0. The summed E-state index contributed by atoms with van der Waals surface area (Å²) in [6.07, 6.45) is 2.85. The zero-order valence-corrected chi connectivity index (χ0v) is 15.1. The number of carbonyl (C=O) groups excluding carboxylic acids is 2. The van der Waals surface area contributed by atoms with Gasteiger partial charge in [-0.3, -0.25) is 4.79 Å². The van der Waals surface area contributed by atoms with Crippen LogP contribution < -0.4 is 4.74 Å². The molecule has 1 aromatic rings. The van der Waals surface area contributed by atoms with Crippen LogP contribution in [0.5, 0.6) is 5.88 Å². The van der Waals surface area contributed by atoms with E-state index in [0.29, 0.717) is 31.1 Å². The van der Waals surface area contributed by atoms with E-state index in [-0.39, 0.29) is 12.0 Å². The normalized spacial score (nSPS) is 17.9. The summed E-state index contributed by atoms with van der Waals surface area (Å²) in [4.78, 5) is 28.9. The first-order valence-electron chi connectivity index (χ1n) is 7.50. The summed E-state index contributed by atoms with van der Waals surface area (Å²) < 4.78 is 11.7. The van der Waals surface area contributed by atoms with Crippen LogP contribution in [0.4, 0.5) is 4.79 Å². The Morgan fingerprint density at radius 3 is 2.91 bits per heavy atom. The molecular formula is C16H21BrN2O4. The van der Waals surface area contributed by atoms with Crippen LogP contribution in [0, 0.1) is 5.92 Å². The van der Waals surface area contributed by atoms with Crippen molar-refractivity contribution in [2.45, 2.75) is 32.8 Å². The second kappa shape index (κ2) is 7.29. The minimum absolute atomic E-state index is 0.201. The number of aldehydes is 1. The number of carbonyl (C=O) groups is 2. The molecular weight excluding hydrogens is 364 g/mol. The van der Waals surface area contributed by atoms with Crippen molar-refractivity contribution in [2.75, 3.05) is 19.7 Å². The van der Waals surface area contributed by atoms with Crippen molar-refractivity contribution in [3.8, 4) is 5.88 Å². The Bertz CT molecular complexity index is 586. The standard InChI is InChI=1S/C16H21BrN2O4/c1-16(2,3)23-15(21)19-5-4-11(8-19)10-22-14-12(9-20)6-13(17)7-18-14/h6-7,9,11H,4-5,8,10H2,1-3H3/t11-/m0/s1. The highest BCUT2D eigenvalue weighted by Gasteiger charge is 2.30. The fourth-order valence-corrected chi connectivity index (χ4v) is 2.65. The minimum atomic E-state index is -0.494. The molecule has 23 heavy (non-hydrogen) atoms. The molecule has 1 amide bonds. The number of pyridine rings is 1. The number of hydrogen-bond donors (Lipinski definition) is 0. The SMILES string of the molecule is CC(C)(C)OC(=O)N1CC[C@H](COc2ncc(Br)cc2C=O)C1. The van der Waals surface area contributed by atoms with Crippen LogP contribution in [0.15, 0.2) is 16.7 Å². The number of amides is 1. The second-order valence-corrected chi connectivity index (χ2v) is 7.47. The average Bonchev–Trinajstić information content (AvgIpc) is 2.93. The maximum Gasteiger partial charge on any atom is 0.410 e. The molecule has 6 nitrogen and oxygen atoms in total. The van der Waals surface area contributed by atoms with Crippen LogP contribution in [0.3, 0.4) is 0 Å². The molecule has 1 fully saturated rings. The molecule has 1 aromatic heterocycles. The van der Waals surface area contributed by atoms with Crippen LogP contribution in [0.1, 0.15) is 37.6 Å². The Kier molecular flexibility index (Phi) is 5.62. The average molecular weight is 385 g/mol. The van der Waals surface area contributed by atoms with E-state index in [2.05, 4.69) is 20.9 Å². The quantitative estimate of drug-likeness (QED) is 0.744. The summed E-state index contributed by atoms with van der Waals surface area (Å²) in [5.41, 5.74) is -0.0901. The van der Waals surface area contributed by atoms with Crippen molar-refractivity contribution in [3.63, 3.8) is 0 Å². The van der Waals surface area contributed by atoms with Gasteiger partial charge < -0.3 is 14.4 Å². The van der Waals surface area contributed by atoms with Crippen molar-refractivity contribution in [1.29, 1.82) is 0 Å². The number of aromatic nitrogens is 1. The molecule has 2 rings (SSSR count). The third-order valence-electron chi connectivity index (χ3n) is 3.37. The van der Waals surface area contributed by atoms with E-state index in [4.69, 9.17) is 9.47 Å². The summed E-state index contributed by atoms with van der Waals surface area (Å²) >= 11 is 3.27. The number of rotatable bonds is 4. The van der Waals surface area contributed by atoms with Crippen LogP contribution in [0.25, 0.3) is 0 Å². The van der Waals surface area contributed by atoms with Gasteiger partial charge in [0, 0.05) is 29.7 Å². The Balaban J connectivity index is 1.87. The van der Waals surface area contributed by atoms with Crippen LogP contribution >= 0.6 is 15.9 Å². The molecule has 2 heterocycles. The highest BCUT2D eigenvalue weighted by Crippen LogP contribution is 2.22. The number of hydrogen-bond acceptors (Lipinski definition) is 5. The Labute approximate surface area is 144 Å². The van der Waals surface area contributed by atoms with Gasteiger partial charge >= 0.3 is 6.09 Å². The first kappa shape index (κ1) is 17.7. The largest absolute Gasteiger partial charge is 0.477 e. The second-order valence-electron chi connectivity index (χ2n) is 6.56. The molecule has 0 N–H and O–H groups in total. The molecule has 0 aromatic carbocycles. The molecule has 1 aliphatic rings. The highest BCUT2D eigenvalue weighted by molar-refractivity contribution is 9.10. The van der Waals surface area contributed by atoms with Crippen molar-refractivity contribution >= 4 is 28.3 Å². The lowest BCUT2D eigenvalue weighted by molar-refractivity contribution is 0.0284.